The molecule has 1 aromatic rings. The Morgan fingerprint density at radius 2 is 2.21 bits per heavy atom. The Bertz CT molecular complexity index is 530. The van der Waals surface area contributed by atoms with Crippen LogP contribution < -0.4 is 5.73 Å². The first-order chi connectivity index (χ1) is 9.05. The molecule has 1 saturated heterocycles. The van der Waals surface area contributed by atoms with Gasteiger partial charge in [-0.2, -0.15) is 4.31 Å². The smallest absolute Gasteiger partial charge is 0.243 e. The summed E-state index contributed by atoms with van der Waals surface area (Å²) in [5, 5.41) is 0. The highest BCUT2D eigenvalue weighted by Gasteiger charge is 2.31. The summed E-state index contributed by atoms with van der Waals surface area (Å²) in [6.07, 6.45) is 6.36. The van der Waals surface area contributed by atoms with Gasteiger partial charge in [0, 0.05) is 24.8 Å². The number of pyridine rings is 1. The van der Waals surface area contributed by atoms with Crippen LogP contribution in [0.2, 0.25) is 0 Å². The second-order valence-electron chi connectivity index (χ2n) is 4.94. The topological polar surface area (TPSA) is 76.3 Å². The van der Waals surface area contributed by atoms with Crippen molar-refractivity contribution in [3.8, 4) is 0 Å². The molecule has 1 fully saturated rings. The molecule has 19 heavy (non-hydrogen) atoms. The summed E-state index contributed by atoms with van der Waals surface area (Å²) in [5.74, 6) is 0.240. The van der Waals surface area contributed by atoms with Crippen molar-refractivity contribution in [3.63, 3.8) is 0 Å². The van der Waals surface area contributed by atoms with E-state index >= 15 is 0 Å². The Hall–Kier alpha value is -1.14. The second-order valence-corrected chi connectivity index (χ2v) is 6.83. The minimum absolute atomic E-state index is 0.0990. The molecule has 0 aliphatic carbocycles. The minimum Gasteiger partial charge on any atom is -0.384 e. The third kappa shape index (κ3) is 3.06. The van der Waals surface area contributed by atoms with Gasteiger partial charge in [-0.3, -0.25) is 0 Å². The maximum atomic E-state index is 12.7. The number of hydrogen-bond acceptors (Lipinski definition) is 4. The first-order valence-corrected chi connectivity index (χ1v) is 8.23. The van der Waals surface area contributed by atoms with E-state index in [9.17, 15) is 8.42 Å². The van der Waals surface area contributed by atoms with Crippen molar-refractivity contribution >= 4 is 15.8 Å². The van der Waals surface area contributed by atoms with Crippen LogP contribution in [0.3, 0.4) is 0 Å². The van der Waals surface area contributed by atoms with Crippen LogP contribution >= 0.6 is 0 Å². The average molecular weight is 283 g/mol. The molecule has 1 aliphatic heterocycles. The molecule has 1 aliphatic rings. The van der Waals surface area contributed by atoms with Crippen molar-refractivity contribution in [1.82, 2.24) is 9.29 Å². The summed E-state index contributed by atoms with van der Waals surface area (Å²) in [6, 6.07) is 3.05. The summed E-state index contributed by atoms with van der Waals surface area (Å²) < 4.78 is 27.1. The monoisotopic (exact) mass is 283 g/mol. The molecule has 1 unspecified atom stereocenters. The molecule has 2 heterocycles. The van der Waals surface area contributed by atoms with Crippen molar-refractivity contribution in [3.05, 3.63) is 18.3 Å². The molecule has 0 radical (unpaired) electrons. The fourth-order valence-corrected chi connectivity index (χ4v) is 4.39. The standard InChI is InChI=1S/C13H21N3O2S/c1-2-11-6-4-3-5-9-16(11)19(17,18)12-7-8-15-13(14)10-12/h7-8,10-11H,2-6,9H2,1H3,(H2,14,15). The number of hydrogen-bond donors (Lipinski definition) is 1. The largest absolute Gasteiger partial charge is 0.384 e. The Balaban J connectivity index is 2.36. The lowest BCUT2D eigenvalue weighted by atomic mass is 10.1. The van der Waals surface area contributed by atoms with E-state index in [1.165, 1.54) is 18.3 Å². The molecule has 0 bridgehead atoms. The van der Waals surface area contributed by atoms with Gasteiger partial charge in [0.1, 0.15) is 5.82 Å². The van der Waals surface area contributed by atoms with Gasteiger partial charge >= 0.3 is 0 Å². The third-order valence-electron chi connectivity index (χ3n) is 3.65. The molecule has 0 aromatic carbocycles. The molecular weight excluding hydrogens is 262 g/mol. The Morgan fingerprint density at radius 3 is 2.89 bits per heavy atom. The molecule has 2 rings (SSSR count). The SMILES string of the molecule is CCC1CCCCCN1S(=O)(=O)c1ccnc(N)c1. The number of nitrogen functional groups attached to an aromatic ring is 1. The number of nitrogens with zero attached hydrogens (tertiary/aromatic N) is 2. The van der Waals surface area contributed by atoms with E-state index in [4.69, 9.17) is 5.73 Å². The molecule has 0 spiro atoms. The van der Waals surface area contributed by atoms with Gasteiger partial charge in [-0.25, -0.2) is 13.4 Å². The van der Waals surface area contributed by atoms with Crippen molar-refractivity contribution in [1.29, 1.82) is 0 Å². The lowest BCUT2D eigenvalue weighted by Gasteiger charge is -2.28. The van der Waals surface area contributed by atoms with E-state index in [2.05, 4.69) is 4.98 Å². The molecule has 2 N–H and O–H groups in total. The fourth-order valence-electron chi connectivity index (χ4n) is 2.60. The fraction of sp³-hybridized carbons (Fsp3) is 0.615. The summed E-state index contributed by atoms with van der Waals surface area (Å²) in [7, 11) is -3.46. The van der Waals surface area contributed by atoms with Crippen LogP contribution in [-0.2, 0) is 10.0 Å². The van der Waals surface area contributed by atoms with Gasteiger partial charge in [0.2, 0.25) is 10.0 Å². The van der Waals surface area contributed by atoms with Crippen molar-refractivity contribution in [2.75, 3.05) is 12.3 Å². The van der Waals surface area contributed by atoms with E-state index < -0.39 is 10.0 Å². The van der Waals surface area contributed by atoms with E-state index in [1.807, 2.05) is 6.92 Å². The molecule has 6 heteroatoms. The van der Waals surface area contributed by atoms with Crippen LogP contribution in [0, 0.1) is 0 Å². The van der Waals surface area contributed by atoms with E-state index in [-0.39, 0.29) is 16.8 Å². The van der Waals surface area contributed by atoms with Gasteiger partial charge in [-0.15, -0.1) is 0 Å². The van der Waals surface area contributed by atoms with Gasteiger partial charge in [-0.05, 0) is 25.3 Å². The summed E-state index contributed by atoms with van der Waals surface area (Å²) >= 11 is 0. The highest BCUT2D eigenvalue weighted by molar-refractivity contribution is 7.89. The van der Waals surface area contributed by atoms with Crippen LogP contribution in [0.1, 0.15) is 39.0 Å². The summed E-state index contributed by atoms with van der Waals surface area (Å²) in [4.78, 5) is 4.10. The zero-order valence-corrected chi connectivity index (χ0v) is 12.1. The van der Waals surface area contributed by atoms with E-state index in [0.29, 0.717) is 6.54 Å². The number of anilines is 1. The highest BCUT2D eigenvalue weighted by Crippen LogP contribution is 2.26. The number of nitrogens with two attached hydrogens (primary N) is 1. The lowest BCUT2D eigenvalue weighted by Crippen LogP contribution is -2.39. The first kappa shape index (κ1) is 14.3. The van der Waals surface area contributed by atoms with E-state index in [1.54, 1.807) is 4.31 Å². The number of sulfonamides is 1. The van der Waals surface area contributed by atoms with E-state index in [0.717, 1.165) is 32.1 Å². The van der Waals surface area contributed by atoms with Crippen molar-refractivity contribution in [2.45, 2.75) is 50.0 Å². The maximum absolute atomic E-state index is 12.7. The molecular formula is C13H21N3O2S. The Kier molecular flexibility index (Phi) is 4.42. The molecule has 1 atom stereocenters. The van der Waals surface area contributed by atoms with Gasteiger partial charge in [0.05, 0.1) is 4.90 Å². The maximum Gasteiger partial charge on any atom is 0.243 e. The van der Waals surface area contributed by atoms with Gasteiger partial charge in [0.15, 0.2) is 0 Å². The minimum atomic E-state index is -3.46. The zero-order chi connectivity index (χ0) is 13.9. The summed E-state index contributed by atoms with van der Waals surface area (Å²) in [5.41, 5.74) is 5.59. The molecule has 5 nitrogen and oxygen atoms in total. The van der Waals surface area contributed by atoms with Crippen LogP contribution in [-0.4, -0.2) is 30.3 Å². The average Bonchev–Trinajstić information content (AvgIpc) is 2.64. The van der Waals surface area contributed by atoms with Crippen molar-refractivity contribution < 1.29 is 8.42 Å². The molecule has 0 amide bonds. The molecule has 106 valence electrons. The lowest BCUT2D eigenvalue weighted by molar-refractivity contribution is 0.315. The summed E-state index contributed by atoms with van der Waals surface area (Å²) in [6.45, 7) is 2.64. The van der Waals surface area contributed by atoms with Crippen LogP contribution in [0.5, 0.6) is 0 Å². The van der Waals surface area contributed by atoms with Crippen molar-refractivity contribution in [2.24, 2.45) is 0 Å². The molecule has 1 aromatic heterocycles. The van der Waals surface area contributed by atoms with Gasteiger partial charge in [-0.1, -0.05) is 19.8 Å². The zero-order valence-electron chi connectivity index (χ0n) is 11.2. The quantitative estimate of drug-likeness (QED) is 0.920. The normalized spacial score (nSPS) is 22.1. The van der Waals surface area contributed by atoms with Crippen LogP contribution in [0.4, 0.5) is 5.82 Å². The van der Waals surface area contributed by atoms with Crippen LogP contribution in [0.25, 0.3) is 0 Å². The number of rotatable bonds is 3. The van der Waals surface area contributed by atoms with Gasteiger partial charge < -0.3 is 5.73 Å². The second kappa shape index (κ2) is 5.88. The predicted molar refractivity (Wildman–Crippen MR) is 75.1 cm³/mol. The Morgan fingerprint density at radius 1 is 1.42 bits per heavy atom. The Labute approximate surface area is 114 Å². The third-order valence-corrected chi connectivity index (χ3v) is 5.60. The molecule has 0 saturated carbocycles. The predicted octanol–water partition coefficient (Wildman–Crippen LogP) is 2.01. The van der Waals surface area contributed by atoms with Gasteiger partial charge in [0.25, 0.3) is 0 Å². The van der Waals surface area contributed by atoms with Crippen LogP contribution in [0.15, 0.2) is 23.2 Å². The highest BCUT2D eigenvalue weighted by atomic mass is 32.2. The number of aromatic nitrogens is 1. The first-order valence-electron chi connectivity index (χ1n) is 6.79.